The zero-order valence-electron chi connectivity index (χ0n) is 22.8. The molecule has 0 bridgehead atoms. The number of carbonyl (C=O) groups is 1. The van der Waals surface area contributed by atoms with Crippen LogP contribution in [0.1, 0.15) is 42.9 Å². The maximum atomic E-state index is 13.1. The fraction of sp³-hybridized carbons (Fsp3) is 0.379. The molecule has 1 aromatic heterocycles. The number of benzene rings is 2. The second-order valence-electron chi connectivity index (χ2n) is 10.5. The van der Waals surface area contributed by atoms with Crippen molar-refractivity contribution < 1.29 is 37.1 Å². The summed E-state index contributed by atoms with van der Waals surface area (Å²) >= 11 is 0. The minimum Gasteiger partial charge on any atom is -0.405 e. The molecule has 0 radical (unpaired) electrons. The van der Waals surface area contributed by atoms with Crippen molar-refractivity contribution in [2.75, 3.05) is 22.9 Å². The number of nitrogens with one attached hydrogen (secondary N) is 1. The molecule has 1 saturated carbocycles. The van der Waals surface area contributed by atoms with Crippen molar-refractivity contribution in [1.29, 1.82) is 5.26 Å². The molecule has 1 saturated heterocycles. The number of amides is 2. The summed E-state index contributed by atoms with van der Waals surface area (Å²) in [5.74, 6) is 0.478. The number of hydrogen-bond donors (Lipinski definition) is 2. The number of nitriles is 1. The highest BCUT2D eigenvalue weighted by Gasteiger charge is 2.36. The Kier molecular flexibility index (Phi) is 7.68. The van der Waals surface area contributed by atoms with Gasteiger partial charge in [-0.3, -0.25) is 4.90 Å². The topological polar surface area (TPSA) is 136 Å². The van der Waals surface area contributed by atoms with Gasteiger partial charge in [0.2, 0.25) is 0 Å². The van der Waals surface area contributed by atoms with Gasteiger partial charge in [-0.15, -0.1) is 13.2 Å². The van der Waals surface area contributed by atoms with E-state index in [1.165, 1.54) is 18.2 Å². The molecule has 2 N–H and O–H groups in total. The van der Waals surface area contributed by atoms with E-state index in [2.05, 4.69) is 25.3 Å². The molecule has 3 aliphatic rings. The van der Waals surface area contributed by atoms with Gasteiger partial charge in [0, 0.05) is 41.5 Å². The Morgan fingerprint density at radius 3 is 2.44 bits per heavy atom. The number of halogens is 3. The summed E-state index contributed by atoms with van der Waals surface area (Å²) in [5.41, 5.74) is 4.45. The van der Waals surface area contributed by atoms with E-state index in [4.69, 9.17) is 14.5 Å². The van der Waals surface area contributed by atoms with Crippen molar-refractivity contribution in [2.24, 2.45) is 5.10 Å². The van der Waals surface area contributed by atoms with Crippen molar-refractivity contribution in [1.82, 2.24) is 10.6 Å². The van der Waals surface area contributed by atoms with Gasteiger partial charge in [0.25, 0.3) is 0 Å². The van der Waals surface area contributed by atoms with Crippen LogP contribution in [-0.4, -0.2) is 53.8 Å². The summed E-state index contributed by atoms with van der Waals surface area (Å²) in [7, 11) is 0. The van der Waals surface area contributed by atoms with Crippen LogP contribution >= 0.6 is 0 Å². The van der Waals surface area contributed by atoms with Gasteiger partial charge in [-0.2, -0.15) is 10.4 Å². The number of urea groups is 1. The summed E-state index contributed by atoms with van der Waals surface area (Å²) in [6, 6.07) is 14.0. The van der Waals surface area contributed by atoms with Gasteiger partial charge in [0.1, 0.15) is 23.3 Å². The molecule has 2 amide bonds. The van der Waals surface area contributed by atoms with Crippen LogP contribution in [0, 0.1) is 11.3 Å². The molecule has 1 atom stereocenters. The normalized spacial score (nSPS) is 19.6. The molecule has 2 fully saturated rings. The summed E-state index contributed by atoms with van der Waals surface area (Å²) < 4.78 is 55.3. The molecule has 3 heterocycles. The number of para-hydroxylation sites is 1. The molecule has 1 unspecified atom stereocenters. The number of anilines is 2. The average molecular weight is 597 g/mol. The standard InChI is InChI=1S/C29H27F3N6O5/c30-29(31,32)42-24-4-2-1-3-21(24)25-22(26(43-36-25)17-5-6-17)16-41-20-11-13-37(14-12-20)18-7-9-19(10-8-18)38-27(39)23(15-33)34-35-28(38)40/h1-4,7-10,17,20,27,39H,5-6,11-14,16H2,(H,35,40). The first-order valence-electron chi connectivity index (χ1n) is 13.8. The SMILES string of the molecule is N#CC1=NNC(=O)N(c2ccc(N3CCC(OCc4c(-c5ccccc5OC(F)(F)F)noc4C4CC4)CC3)cc2)C1O. The monoisotopic (exact) mass is 596 g/mol. The zero-order chi connectivity index (χ0) is 30.1. The van der Waals surface area contributed by atoms with Gasteiger partial charge in [0.05, 0.1) is 12.7 Å². The van der Waals surface area contributed by atoms with Crippen molar-refractivity contribution in [3.8, 4) is 23.1 Å². The Morgan fingerprint density at radius 2 is 1.77 bits per heavy atom. The molecule has 2 aromatic carbocycles. The number of alkyl halides is 3. The Morgan fingerprint density at radius 1 is 1.07 bits per heavy atom. The third-order valence-electron chi connectivity index (χ3n) is 7.63. The van der Waals surface area contributed by atoms with Gasteiger partial charge in [-0.25, -0.2) is 10.2 Å². The minimum atomic E-state index is -4.84. The second kappa shape index (κ2) is 11.6. The number of hydrazone groups is 1. The van der Waals surface area contributed by atoms with Crippen molar-refractivity contribution >= 4 is 23.1 Å². The summed E-state index contributed by atoms with van der Waals surface area (Å²) in [6.45, 7) is 1.53. The zero-order valence-corrected chi connectivity index (χ0v) is 22.8. The summed E-state index contributed by atoms with van der Waals surface area (Å²) in [6.07, 6.45) is -3.13. The molecule has 14 heteroatoms. The Bertz CT molecular complexity index is 1560. The minimum absolute atomic E-state index is 0.0807. The number of hydrogen-bond acceptors (Lipinski definition) is 9. The van der Waals surface area contributed by atoms with E-state index < -0.39 is 18.6 Å². The summed E-state index contributed by atoms with van der Waals surface area (Å²) in [4.78, 5) is 15.4. The number of piperidine rings is 1. The Labute approximate surface area is 244 Å². The van der Waals surface area contributed by atoms with Gasteiger partial charge >= 0.3 is 12.4 Å². The lowest BCUT2D eigenvalue weighted by molar-refractivity contribution is -0.274. The predicted molar refractivity (Wildman–Crippen MR) is 147 cm³/mol. The fourth-order valence-corrected chi connectivity index (χ4v) is 5.32. The first kappa shape index (κ1) is 28.5. The Hall–Kier alpha value is -4.61. The van der Waals surface area contributed by atoms with Crippen molar-refractivity contribution in [3.05, 3.63) is 59.9 Å². The largest absolute Gasteiger partial charge is 0.573 e. The molecule has 0 spiro atoms. The van der Waals surface area contributed by atoms with Gasteiger partial charge in [-0.1, -0.05) is 17.3 Å². The van der Waals surface area contributed by atoms with E-state index in [1.54, 1.807) is 24.3 Å². The van der Waals surface area contributed by atoms with E-state index >= 15 is 0 Å². The number of aliphatic hydroxyl groups is 1. The number of nitrogens with zero attached hydrogens (tertiary/aromatic N) is 5. The number of ether oxygens (including phenoxy) is 2. The van der Waals surface area contributed by atoms with E-state index in [9.17, 15) is 23.1 Å². The van der Waals surface area contributed by atoms with Gasteiger partial charge in [-0.05, 0) is 62.1 Å². The molecule has 224 valence electrons. The summed E-state index contributed by atoms with van der Waals surface area (Å²) in [5, 5.41) is 27.1. The van der Waals surface area contributed by atoms with Crippen LogP contribution in [0.25, 0.3) is 11.3 Å². The molecule has 1 aliphatic carbocycles. The first-order valence-corrected chi connectivity index (χ1v) is 13.8. The fourth-order valence-electron chi connectivity index (χ4n) is 5.32. The number of aliphatic hydroxyl groups excluding tert-OH is 1. The second-order valence-corrected chi connectivity index (χ2v) is 10.5. The third-order valence-corrected chi connectivity index (χ3v) is 7.63. The van der Waals surface area contributed by atoms with Crippen LogP contribution in [0.2, 0.25) is 0 Å². The molecule has 2 aliphatic heterocycles. The lowest BCUT2D eigenvalue weighted by Gasteiger charge is -2.34. The highest BCUT2D eigenvalue weighted by molar-refractivity contribution is 6.11. The molecule has 11 nitrogen and oxygen atoms in total. The van der Waals surface area contributed by atoms with Crippen molar-refractivity contribution in [3.63, 3.8) is 0 Å². The third kappa shape index (κ3) is 6.13. The van der Waals surface area contributed by atoms with Crippen LogP contribution in [0.15, 0.2) is 58.2 Å². The Balaban J connectivity index is 1.10. The maximum absolute atomic E-state index is 13.1. The van der Waals surface area contributed by atoms with E-state index in [1.807, 2.05) is 12.1 Å². The molecular weight excluding hydrogens is 569 g/mol. The van der Waals surface area contributed by atoms with Crippen LogP contribution in [0.5, 0.6) is 5.75 Å². The van der Waals surface area contributed by atoms with Crippen LogP contribution in [0.3, 0.4) is 0 Å². The quantitative estimate of drug-likeness (QED) is 0.370. The average Bonchev–Trinajstić information content (AvgIpc) is 3.75. The maximum Gasteiger partial charge on any atom is 0.573 e. The van der Waals surface area contributed by atoms with E-state index in [0.29, 0.717) is 48.6 Å². The number of aromatic nitrogens is 1. The van der Waals surface area contributed by atoms with Crippen LogP contribution in [-0.2, 0) is 11.3 Å². The lowest BCUT2D eigenvalue weighted by atomic mass is 10.0. The van der Waals surface area contributed by atoms with E-state index in [0.717, 1.165) is 23.4 Å². The van der Waals surface area contributed by atoms with Gasteiger partial charge in [0.15, 0.2) is 11.9 Å². The molecule has 6 rings (SSSR count). The number of rotatable bonds is 8. The number of carbonyl (C=O) groups excluding carboxylic acids is 1. The highest BCUT2D eigenvalue weighted by Crippen LogP contribution is 2.46. The van der Waals surface area contributed by atoms with Crippen molar-refractivity contribution in [2.45, 2.75) is 56.9 Å². The first-order chi connectivity index (χ1) is 20.7. The van der Waals surface area contributed by atoms with Gasteiger partial charge < -0.3 is 24.0 Å². The molecule has 43 heavy (non-hydrogen) atoms. The lowest BCUT2D eigenvalue weighted by Crippen LogP contribution is -2.53. The highest BCUT2D eigenvalue weighted by atomic mass is 19.4. The van der Waals surface area contributed by atoms with Crippen LogP contribution < -0.4 is 20.0 Å². The van der Waals surface area contributed by atoms with E-state index in [-0.39, 0.29) is 35.7 Å². The van der Waals surface area contributed by atoms with Crippen LogP contribution in [0.4, 0.5) is 29.3 Å². The molecular formula is C29H27F3N6O5. The molecule has 3 aromatic rings. The smallest absolute Gasteiger partial charge is 0.405 e. The predicted octanol–water partition coefficient (Wildman–Crippen LogP) is 5.03.